The summed E-state index contributed by atoms with van der Waals surface area (Å²) < 4.78 is 10.1. The van der Waals surface area contributed by atoms with E-state index in [1.165, 1.54) is 0 Å². The Balaban J connectivity index is 3.23. The van der Waals surface area contributed by atoms with Crippen molar-refractivity contribution in [1.29, 1.82) is 5.26 Å². The average Bonchev–Trinajstić information content (AvgIpc) is 2.77. The number of nitrogens with one attached hydrogen (secondary N) is 2. The zero-order chi connectivity index (χ0) is 26.6. The summed E-state index contributed by atoms with van der Waals surface area (Å²) in [5.41, 5.74) is 0.611. The number of hydrogen-bond donors (Lipinski definition) is 3. The molecule has 35 heavy (non-hydrogen) atoms. The first-order chi connectivity index (χ1) is 16.4. The number of carbonyl (C=O) groups excluding carboxylic acids is 4. The van der Waals surface area contributed by atoms with Gasteiger partial charge in [0.1, 0.15) is 24.2 Å². The molecule has 192 valence electrons. The summed E-state index contributed by atoms with van der Waals surface area (Å²) in [4.78, 5) is 51.6. The van der Waals surface area contributed by atoms with Gasteiger partial charge in [-0.15, -0.1) is 0 Å². The standard InChI is InChI=1S/C24H34N4O6S/c1-6-33-19(29)11-13-26-21(30)20(17-9-7-16(2)8-10-17)28(14-12-25)22(31)18(15-35)27-23(32)34-24(3,4)5/h7-10,18,20,35H,6,11,13-15H2,1-5H3,(H,26,30)(H,27,32). The minimum Gasteiger partial charge on any atom is -0.466 e. The molecule has 2 atom stereocenters. The van der Waals surface area contributed by atoms with Gasteiger partial charge in [0.05, 0.1) is 19.1 Å². The molecule has 0 aliphatic carbocycles. The van der Waals surface area contributed by atoms with E-state index in [2.05, 4.69) is 23.3 Å². The molecule has 1 aromatic carbocycles. The highest BCUT2D eigenvalue weighted by Crippen LogP contribution is 2.23. The SMILES string of the molecule is CCOC(=O)CCNC(=O)C(c1ccc(C)cc1)N(CC#N)C(=O)C(CS)NC(=O)OC(C)(C)C. The second-order valence-corrected chi connectivity index (χ2v) is 9.03. The van der Waals surface area contributed by atoms with Crippen LogP contribution in [0, 0.1) is 18.3 Å². The van der Waals surface area contributed by atoms with Crippen LogP contribution in [-0.2, 0) is 23.9 Å². The maximum absolute atomic E-state index is 13.4. The second-order valence-electron chi connectivity index (χ2n) is 8.66. The number of aryl methyl sites for hydroxylation is 1. The van der Waals surface area contributed by atoms with Crippen molar-refractivity contribution in [3.63, 3.8) is 0 Å². The third-order valence-corrected chi connectivity index (χ3v) is 4.95. The number of benzene rings is 1. The molecule has 0 aliphatic rings. The third-order valence-electron chi connectivity index (χ3n) is 4.58. The fourth-order valence-electron chi connectivity index (χ4n) is 3.05. The smallest absolute Gasteiger partial charge is 0.408 e. The van der Waals surface area contributed by atoms with Crippen molar-refractivity contribution in [2.75, 3.05) is 25.4 Å². The van der Waals surface area contributed by atoms with Crippen molar-refractivity contribution in [3.05, 3.63) is 35.4 Å². The lowest BCUT2D eigenvalue weighted by molar-refractivity contribution is -0.144. The lowest BCUT2D eigenvalue weighted by Crippen LogP contribution is -2.54. The van der Waals surface area contributed by atoms with Gasteiger partial charge in [-0.3, -0.25) is 14.4 Å². The zero-order valence-corrected chi connectivity index (χ0v) is 21.7. The summed E-state index contributed by atoms with van der Waals surface area (Å²) in [7, 11) is 0. The fourth-order valence-corrected chi connectivity index (χ4v) is 3.29. The van der Waals surface area contributed by atoms with Gasteiger partial charge in [0.15, 0.2) is 0 Å². The number of nitriles is 1. The summed E-state index contributed by atoms with van der Waals surface area (Å²) in [5, 5.41) is 14.5. The van der Waals surface area contributed by atoms with Crippen LogP contribution in [0.25, 0.3) is 0 Å². The molecule has 0 radical (unpaired) electrons. The molecule has 10 nitrogen and oxygen atoms in total. The van der Waals surface area contributed by atoms with E-state index in [0.717, 1.165) is 10.5 Å². The first-order valence-corrected chi connectivity index (χ1v) is 11.8. The number of alkyl carbamates (subject to hydrolysis) is 1. The summed E-state index contributed by atoms with van der Waals surface area (Å²) in [5.74, 6) is -1.83. The van der Waals surface area contributed by atoms with Gasteiger partial charge < -0.3 is 25.0 Å². The number of carbonyl (C=O) groups is 4. The third kappa shape index (κ3) is 10.3. The highest BCUT2D eigenvalue weighted by Gasteiger charge is 2.35. The lowest BCUT2D eigenvalue weighted by Gasteiger charge is -2.32. The predicted molar refractivity (Wildman–Crippen MR) is 133 cm³/mol. The molecule has 0 heterocycles. The molecule has 0 saturated carbocycles. The molecule has 11 heteroatoms. The predicted octanol–water partition coefficient (Wildman–Crippen LogP) is 2.28. The Bertz CT molecular complexity index is 923. The van der Waals surface area contributed by atoms with Crippen LogP contribution in [0.15, 0.2) is 24.3 Å². The molecule has 0 spiro atoms. The molecule has 2 N–H and O–H groups in total. The molecule has 3 amide bonds. The number of amides is 3. The Morgan fingerprint density at radius 1 is 1.17 bits per heavy atom. The maximum atomic E-state index is 13.4. The van der Waals surface area contributed by atoms with Crippen molar-refractivity contribution in [2.45, 2.75) is 58.7 Å². The number of thiol groups is 1. The van der Waals surface area contributed by atoms with Gasteiger partial charge >= 0.3 is 12.1 Å². The maximum Gasteiger partial charge on any atom is 0.408 e. The Morgan fingerprint density at radius 2 is 1.80 bits per heavy atom. The van der Waals surface area contributed by atoms with Gasteiger partial charge in [0, 0.05) is 12.3 Å². The largest absolute Gasteiger partial charge is 0.466 e. The Labute approximate surface area is 211 Å². The topological polar surface area (TPSA) is 138 Å². The van der Waals surface area contributed by atoms with E-state index in [9.17, 15) is 24.4 Å². The van der Waals surface area contributed by atoms with Crippen LogP contribution in [0.2, 0.25) is 0 Å². The number of rotatable bonds is 11. The number of nitrogens with zero attached hydrogens (tertiary/aromatic N) is 2. The van der Waals surface area contributed by atoms with Crippen molar-refractivity contribution < 1.29 is 28.7 Å². The first kappa shape index (κ1) is 29.8. The summed E-state index contributed by atoms with van der Waals surface area (Å²) >= 11 is 4.17. The van der Waals surface area contributed by atoms with Crippen molar-refractivity contribution >= 4 is 36.5 Å². The van der Waals surface area contributed by atoms with Crippen LogP contribution in [-0.4, -0.2) is 65.9 Å². The summed E-state index contributed by atoms with van der Waals surface area (Å²) in [6.45, 7) is 8.37. The van der Waals surface area contributed by atoms with Crippen molar-refractivity contribution in [1.82, 2.24) is 15.5 Å². The van der Waals surface area contributed by atoms with Gasteiger partial charge in [0.25, 0.3) is 0 Å². The van der Waals surface area contributed by atoms with Gasteiger partial charge in [-0.25, -0.2) is 4.79 Å². The Hall–Kier alpha value is -3.26. The lowest BCUT2D eigenvalue weighted by atomic mass is 10.0. The minimum atomic E-state index is -1.19. The minimum absolute atomic E-state index is 0.0131. The van der Waals surface area contributed by atoms with Gasteiger partial charge in [-0.1, -0.05) is 29.8 Å². The van der Waals surface area contributed by atoms with Crippen LogP contribution in [0.1, 0.15) is 51.3 Å². The molecule has 0 aromatic heterocycles. The van der Waals surface area contributed by atoms with E-state index in [0.29, 0.717) is 5.56 Å². The molecular formula is C24H34N4O6S. The number of ether oxygens (including phenoxy) is 2. The van der Waals surface area contributed by atoms with Gasteiger partial charge in [-0.05, 0) is 40.2 Å². The quantitative estimate of drug-likeness (QED) is 0.238. The highest BCUT2D eigenvalue weighted by atomic mass is 32.1. The highest BCUT2D eigenvalue weighted by molar-refractivity contribution is 7.80. The Morgan fingerprint density at radius 3 is 2.31 bits per heavy atom. The van der Waals surface area contributed by atoms with E-state index < -0.39 is 48.1 Å². The molecule has 0 saturated heterocycles. The second kappa shape index (κ2) is 14.2. The molecule has 1 rings (SSSR count). The number of esters is 1. The van der Waals surface area contributed by atoms with E-state index in [1.54, 1.807) is 52.0 Å². The molecule has 1 aromatic rings. The first-order valence-electron chi connectivity index (χ1n) is 11.2. The van der Waals surface area contributed by atoms with E-state index in [1.807, 2.05) is 13.0 Å². The van der Waals surface area contributed by atoms with Crippen molar-refractivity contribution in [3.8, 4) is 6.07 Å². The summed E-state index contributed by atoms with van der Waals surface area (Å²) in [6, 6.07) is 6.48. The average molecular weight is 507 g/mol. The molecule has 0 fully saturated rings. The molecule has 0 bridgehead atoms. The van der Waals surface area contributed by atoms with Gasteiger partial charge in [0.2, 0.25) is 11.8 Å². The number of hydrogen-bond acceptors (Lipinski definition) is 8. The Kier molecular flexibility index (Phi) is 12.1. The van der Waals surface area contributed by atoms with E-state index >= 15 is 0 Å². The molecular weight excluding hydrogens is 472 g/mol. The van der Waals surface area contributed by atoms with Gasteiger partial charge in [-0.2, -0.15) is 17.9 Å². The normalized spacial score (nSPS) is 12.5. The monoisotopic (exact) mass is 506 g/mol. The molecule has 2 unspecified atom stereocenters. The van der Waals surface area contributed by atoms with Crippen LogP contribution in [0.3, 0.4) is 0 Å². The van der Waals surface area contributed by atoms with Crippen LogP contribution in [0.4, 0.5) is 4.79 Å². The van der Waals surface area contributed by atoms with E-state index in [-0.39, 0.29) is 25.3 Å². The van der Waals surface area contributed by atoms with E-state index in [4.69, 9.17) is 9.47 Å². The van der Waals surface area contributed by atoms with Crippen LogP contribution in [0.5, 0.6) is 0 Å². The zero-order valence-electron chi connectivity index (χ0n) is 20.8. The van der Waals surface area contributed by atoms with Crippen LogP contribution >= 0.6 is 12.6 Å². The van der Waals surface area contributed by atoms with Crippen molar-refractivity contribution in [2.24, 2.45) is 0 Å². The fraction of sp³-hybridized carbons (Fsp3) is 0.542. The summed E-state index contributed by atoms with van der Waals surface area (Å²) in [6.07, 6.45) is -0.876. The molecule has 0 aliphatic heterocycles. The van der Waals surface area contributed by atoms with Crippen LogP contribution < -0.4 is 10.6 Å².